The molecule has 0 bridgehead atoms. The molecule has 0 aliphatic rings. The molecule has 1 aromatic rings. The summed E-state index contributed by atoms with van der Waals surface area (Å²) in [7, 11) is 0. The summed E-state index contributed by atoms with van der Waals surface area (Å²) in [5.74, 6) is 6.18. The van der Waals surface area contributed by atoms with E-state index in [1.54, 1.807) is 0 Å². The van der Waals surface area contributed by atoms with E-state index in [2.05, 4.69) is 31.0 Å². The van der Waals surface area contributed by atoms with Gasteiger partial charge in [-0.2, -0.15) is 15.0 Å². The molecule has 21 heavy (non-hydrogen) atoms. The third-order valence-electron chi connectivity index (χ3n) is 2.36. The van der Waals surface area contributed by atoms with E-state index in [0.717, 1.165) is 0 Å². The maximum atomic E-state index is 11.6. The van der Waals surface area contributed by atoms with Crippen LogP contribution in [0.25, 0.3) is 0 Å². The van der Waals surface area contributed by atoms with Crippen LogP contribution in [0, 0.1) is 5.92 Å². The molecule has 0 saturated carbocycles. The molecular weight excluding hydrogens is 274 g/mol. The molecule has 0 aromatic carbocycles. The van der Waals surface area contributed by atoms with Crippen molar-refractivity contribution in [2.75, 3.05) is 30.4 Å². The van der Waals surface area contributed by atoms with Crippen LogP contribution < -0.4 is 26.6 Å². The Labute approximate surface area is 124 Å². The number of nitrogen functional groups attached to an aromatic ring is 1. The Morgan fingerprint density at radius 1 is 1.29 bits per heavy atom. The second-order valence-corrected chi connectivity index (χ2v) is 4.72. The van der Waals surface area contributed by atoms with Crippen LogP contribution in [-0.4, -0.2) is 40.6 Å². The first kappa shape index (κ1) is 16.9. The summed E-state index contributed by atoms with van der Waals surface area (Å²) < 4.78 is 5.20. The second kappa shape index (κ2) is 8.90. The fraction of sp³-hybridized carbons (Fsp3) is 0.667. The summed E-state index contributed by atoms with van der Waals surface area (Å²) in [4.78, 5) is 23.6. The number of nitrogens with zero attached hydrogens (tertiary/aromatic N) is 3. The van der Waals surface area contributed by atoms with Crippen LogP contribution in [0.3, 0.4) is 0 Å². The average molecular weight is 297 g/mol. The Kier molecular flexibility index (Phi) is 7.16. The van der Waals surface area contributed by atoms with Gasteiger partial charge in [0.15, 0.2) is 0 Å². The average Bonchev–Trinajstić information content (AvgIpc) is 2.45. The molecule has 1 rings (SSSR count). The summed E-state index contributed by atoms with van der Waals surface area (Å²) >= 11 is 0. The van der Waals surface area contributed by atoms with Crippen molar-refractivity contribution in [3.63, 3.8) is 0 Å². The van der Waals surface area contributed by atoms with E-state index in [-0.39, 0.29) is 17.9 Å². The van der Waals surface area contributed by atoms with E-state index in [1.807, 2.05) is 20.8 Å². The lowest BCUT2D eigenvalue weighted by Crippen LogP contribution is -2.28. The molecule has 0 aliphatic carbocycles. The largest absolute Gasteiger partial charge is 0.464 e. The van der Waals surface area contributed by atoms with Crippen LogP contribution in [0.15, 0.2) is 0 Å². The summed E-state index contributed by atoms with van der Waals surface area (Å²) in [5, 5.41) is 5.77. The van der Waals surface area contributed by atoms with Gasteiger partial charge in [0.2, 0.25) is 17.8 Å². The number of carbonyl (C=O) groups excluding carboxylic acids is 1. The number of hydrogen-bond acceptors (Lipinski definition) is 8. The highest BCUT2D eigenvalue weighted by atomic mass is 16.5. The van der Waals surface area contributed by atoms with Gasteiger partial charge < -0.3 is 15.4 Å². The van der Waals surface area contributed by atoms with Crippen LogP contribution in [0.5, 0.6) is 6.01 Å². The molecular formula is C12H23N7O2. The summed E-state index contributed by atoms with van der Waals surface area (Å²) in [6.07, 6.45) is 0.327. The van der Waals surface area contributed by atoms with Crippen molar-refractivity contribution < 1.29 is 9.53 Å². The molecule has 0 fully saturated rings. The topological polar surface area (TPSA) is 127 Å². The second-order valence-electron chi connectivity index (χ2n) is 4.72. The molecule has 0 unspecified atom stereocenters. The number of nitrogens with one attached hydrogen (secondary N) is 3. The van der Waals surface area contributed by atoms with Gasteiger partial charge in [0, 0.05) is 19.5 Å². The van der Waals surface area contributed by atoms with Gasteiger partial charge in [-0.05, 0) is 12.8 Å². The standard InChI is InChI=1S/C12H23N7O2/c1-4-21-12-17-10(16-11(18-12)19-13)14-6-5-9(20)15-7-8(2)3/h8H,4-7,13H2,1-3H3,(H,15,20)(H2,14,16,17,18,19). The third-order valence-corrected chi connectivity index (χ3v) is 2.36. The third kappa shape index (κ3) is 6.70. The molecule has 9 nitrogen and oxygen atoms in total. The number of rotatable bonds is 9. The molecule has 118 valence electrons. The first-order valence-corrected chi connectivity index (χ1v) is 6.91. The number of amides is 1. The number of hydrazine groups is 1. The smallest absolute Gasteiger partial charge is 0.323 e. The summed E-state index contributed by atoms with van der Waals surface area (Å²) in [6.45, 7) is 7.42. The van der Waals surface area contributed by atoms with Crippen LogP contribution in [0.2, 0.25) is 0 Å². The fourth-order valence-electron chi connectivity index (χ4n) is 1.39. The maximum absolute atomic E-state index is 11.6. The number of carbonyl (C=O) groups is 1. The number of ether oxygens (including phenoxy) is 1. The van der Waals surface area contributed by atoms with Gasteiger partial charge in [0.1, 0.15) is 0 Å². The number of aromatic nitrogens is 3. The van der Waals surface area contributed by atoms with Crippen LogP contribution in [-0.2, 0) is 4.79 Å². The van der Waals surface area contributed by atoms with Crippen molar-refractivity contribution in [1.82, 2.24) is 20.3 Å². The molecule has 0 saturated heterocycles. The fourth-order valence-corrected chi connectivity index (χ4v) is 1.39. The Morgan fingerprint density at radius 2 is 2.00 bits per heavy atom. The normalized spacial score (nSPS) is 10.3. The lowest BCUT2D eigenvalue weighted by Gasteiger charge is -2.09. The van der Waals surface area contributed by atoms with Gasteiger partial charge >= 0.3 is 6.01 Å². The van der Waals surface area contributed by atoms with E-state index in [4.69, 9.17) is 10.6 Å². The molecule has 5 N–H and O–H groups in total. The highest BCUT2D eigenvalue weighted by molar-refractivity contribution is 5.76. The zero-order valence-corrected chi connectivity index (χ0v) is 12.6. The summed E-state index contributed by atoms with van der Waals surface area (Å²) in [5.41, 5.74) is 2.34. The van der Waals surface area contributed by atoms with Crippen molar-refractivity contribution in [3.8, 4) is 6.01 Å². The van der Waals surface area contributed by atoms with Crippen LogP contribution >= 0.6 is 0 Å². The van der Waals surface area contributed by atoms with Gasteiger partial charge in [-0.1, -0.05) is 13.8 Å². The number of nitrogens with two attached hydrogens (primary N) is 1. The minimum Gasteiger partial charge on any atom is -0.464 e. The molecule has 0 atom stereocenters. The molecule has 1 heterocycles. The quantitative estimate of drug-likeness (QED) is 0.374. The van der Waals surface area contributed by atoms with Crippen LogP contribution in [0.4, 0.5) is 11.9 Å². The Morgan fingerprint density at radius 3 is 2.62 bits per heavy atom. The summed E-state index contributed by atoms with van der Waals surface area (Å²) in [6, 6.07) is 0.173. The first-order chi connectivity index (χ1) is 10.0. The van der Waals surface area contributed by atoms with E-state index in [0.29, 0.717) is 38.0 Å². The van der Waals surface area contributed by atoms with Crippen molar-refractivity contribution in [3.05, 3.63) is 0 Å². The minimum absolute atomic E-state index is 0.0209. The van der Waals surface area contributed by atoms with Crippen LogP contribution in [0.1, 0.15) is 27.2 Å². The lowest BCUT2D eigenvalue weighted by atomic mass is 10.2. The predicted molar refractivity (Wildman–Crippen MR) is 79.8 cm³/mol. The predicted octanol–water partition coefficient (Wildman–Crippen LogP) is 0.130. The van der Waals surface area contributed by atoms with Crippen molar-refractivity contribution >= 4 is 17.8 Å². The Balaban J connectivity index is 2.47. The Bertz CT molecular complexity index is 453. The van der Waals surface area contributed by atoms with Gasteiger partial charge in [-0.15, -0.1) is 0 Å². The van der Waals surface area contributed by atoms with Gasteiger partial charge in [0.25, 0.3) is 0 Å². The highest BCUT2D eigenvalue weighted by Crippen LogP contribution is 2.10. The zero-order valence-electron chi connectivity index (χ0n) is 12.6. The van der Waals surface area contributed by atoms with Gasteiger partial charge in [-0.3, -0.25) is 10.2 Å². The molecule has 9 heteroatoms. The van der Waals surface area contributed by atoms with E-state index in [1.165, 1.54) is 0 Å². The highest BCUT2D eigenvalue weighted by Gasteiger charge is 2.07. The molecule has 0 spiro atoms. The van der Waals surface area contributed by atoms with Gasteiger partial charge in [-0.25, -0.2) is 5.84 Å². The van der Waals surface area contributed by atoms with E-state index >= 15 is 0 Å². The molecule has 1 amide bonds. The van der Waals surface area contributed by atoms with Crippen molar-refractivity contribution in [2.24, 2.45) is 11.8 Å². The Hall–Kier alpha value is -2.16. The number of anilines is 2. The monoisotopic (exact) mass is 297 g/mol. The SMILES string of the molecule is CCOc1nc(NN)nc(NCCC(=O)NCC(C)C)n1. The van der Waals surface area contributed by atoms with E-state index < -0.39 is 0 Å². The minimum atomic E-state index is -0.0209. The van der Waals surface area contributed by atoms with Crippen molar-refractivity contribution in [1.29, 1.82) is 0 Å². The van der Waals surface area contributed by atoms with E-state index in [9.17, 15) is 4.79 Å². The molecule has 0 radical (unpaired) electrons. The number of hydrogen-bond donors (Lipinski definition) is 4. The first-order valence-electron chi connectivity index (χ1n) is 6.91. The molecule has 0 aliphatic heterocycles. The van der Waals surface area contributed by atoms with Gasteiger partial charge in [0.05, 0.1) is 6.61 Å². The van der Waals surface area contributed by atoms with Crippen molar-refractivity contribution in [2.45, 2.75) is 27.2 Å². The zero-order chi connectivity index (χ0) is 15.7. The lowest BCUT2D eigenvalue weighted by molar-refractivity contribution is -0.120. The molecule has 1 aromatic heterocycles. The maximum Gasteiger partial charge on any atom is 0.323 e.